The highest BCUT2D eigenvalue weighted by atomic mass is 19.2. The van der Waals surface area contributed by atoms with E-state index in [1.54, 1.807) is 7.11 Å². The van der Waals surface area contributed by atoms with Crippen molar-refractivity contribution >= 4 is 11.0 Å². The number of ether oxygens (including phenoxy) is 1. The summed E-state index contributed by atoms with van der Waals surface area (Å²) in [5.74, 6) is -0.333. The number of fused-ring (bicyclic) bond motifs is 1. The predicted molar refractivity (Wildman–Crippen MR) is 76.4 cm³/mol. The van der Waals surface area contributed by atoms with Crippen molar-refractivity contribution in [2.24, 2.45) is 0 Å². The number of halogens is 2. The minimum atomic E-state index is -0.903. The van der Waals surface area contributed by atoms with Gasteiger partial charge >= 0.3 is 0 Å². The van der Waals surface area contributed by atoms with Crippen LogP contribution in [0.2, 0.25) is 0 Å². The summed E-state index contributed by atoms with van der Waals surface area (Å²) in [4.78, 5) is 7.14. The van der Waals surface area contributed by atoms with Crippen LogP contribution in [0.1, 0.15) is 11.4 Å². The van der Waals surface area contributed by atoms with Gasteiger partial charge in [-0.1, -0.05) is 12.1 Å². The van der Waals surface area contributed by atoms with Crippen molar-refractivity contribution in [1.82, 2.24) is 9.97 Å². The minimum absolute atomic E-state index is 0.0553. The maximum atomic E-state index is 13.6. The highest BCUT2D eigenvalue weighted by Gasteiger charge is 2.11. The molecule has 0 saturated carbocycles. The molecule has 1 aromatic heterocycles. The third-order valence-electron chi connectivity index (χ3n) is 3.40. The summed E-state index contributed by atoms with van der Waals surface area (Å²) >= 11 is 0. The van der Waals surface area contributed by atoms with Crippen molar-refractivity contribution < 1.29 is 13.5 Å². The summed E-state index contributed by atoms with van der Waals surface area (Å²) in [6.07, 6.45) is 1.38. The average molecular weight is 288 g/mol. The number of aromatic amines is 1. The van der Waals surface area contributed by atoms with Gasteiger partial charge in [-0.05, 0) is 36.2 Å². The zero-order valence-electron chi connectivity index (χ0n) is 11.5. The average Bonchev–Trinajstić information content (AvgIpc) is 2.93. The molecule has 2 aromatic carbocycles. The van der Waals surface area contributed by atoms with Crippen LogP contribution in [0, 0.1) is 11.6 Å². The Morgan fingerprint density at radius 3 is 2.52 bits per heavy atom. The van der Waals surface area contributed by atoms with Crippen molar-refractivity contribution in [3.05, 3.63) is 59.4 Å². The molecule has 0 saturated heterocycles. The van der Waals surface area contributed by atoms with E-state index in [1.807, 2.05) is 24.3 Å². The van der Waals surface area contributed by atoms with Crippen LogP contribution in [0.4, 0.5) is 8.78 Å². The first kappa shape index (κ1) is 13.5. The quantitative estimate of drug-likeness (QED) is 0.796. The van der Waals surface area contributed by atoms with E-state index in [9.17, 15) is 8.78 Å². The lowest BCUT2D eigenvalue weighted by Crippen LogP contribution is -1.93. The molecule has 108 valence electrons. The van der Waals surface area contributed by atoms with Crippen LogP contribution in [0.3, 0.4) is 0 Å². The van der Waals surface area contributed by atoms with Gasteiger partial charge in [-0.2, -0.15) is 0 Å². The van der Waals surface area contributed by atoms with Gasteiger partial charge < -0.3 is 9.72 Å². The number of aryl methyl sites for hydroxylation is 2. The van der Waals surface area contributed by atoms with Gasteiger partial charge in [0.2, 0.25) is 0 Å². The smallest absolute Gasteiger partial charge is 0.186 e. The lowest BCUT2D eigenvalue weighted by atomic mass is 10.1. The summed E-state index contributed by atoms with van der Waals surface area (Å²) in [6.45, 7) is 0. The standard InChI is InChI=1S/C16H14F2N2O/c1-21-11-5-2-10(3-6-11)4-9-14-19-13-8-7-12(17)15(18)16(13)20-14/h2-3,5-8H,4,9H2,1H3,(H,19,20). The summed E-state index contributed by atoms with van der Waals surface area (Å²) in [7, 11) is 1.62. The van der Waals surface area contributed by atoms with Gasteiger partial charge in [0, 0.05) is 6.42 Å². The number of methoxy groups -OCH3 is 1. The summed E-state index contributed by atoms with van der Waals surface area (Å²) in [5.41, 5.74) is 1.70. The normalized spacial score (nSPS) is 11.0. The van der Waals surface area contributed by atoms with E-state index in [-0.39, 0.29) is 5.52 Å². The van der Waals surface area contributed by atoms with Gasteiger partial charge in [-0.25, -0.2) is 13.8 Å². The van der Waals surface area contributed by atoms with Crippen molar-refractivity contribution in [3.8, 4) is 5.75 Å². The van der Waals surface area contributed by atoms with E-state index in [0.717, 1.165) is 23.8 Å². The van der Waals surface area contributed by atoms with E-state index in [2.05, 4.69) is 9.97 Å². The Balaban J connectivity index is 1.77. The van der Waals surface area contributed by atoms with E-state index < -0.39 is 11.6 Å². The maximum Gasteiger partial charge on any atom is 0.186 e. The monoisotopic (exact) mass is 288 g/mol. The molecule has 0 aliphatic carbocycles. The fourth-order valence-electron chi connectivity index (χ4n) is 2.24. The fourth-order valence-corrected chi connectivity index (χ4v) is 2.24. The third kappa shape index (κ3) is 2.72. The van der Waals surface area contributed by atoms with Crippen molar-refractivity contribution in [2.75, 3.05) is 7.11 Å². The van der Waals surface area contributed by atoms with E-state index >= 15 is 0 Å². The summed E-state index contributed by atoms with van der Waals surface area (Å²) in [6, 6.07) is 10.3. The number of H-pyrrole nitrogens is 1. The molecule has 0 aliphatic heterocycles. The zero-order valence-corrected chi connectivity index (χ0v) is 11.5. The van der Waals surface area contributed by atoms with Gasteiger partial charge in [-0.3, -0.25) is 0 Å². The molecule has 5 heteroatoms. The van der Waals surface area contributed by atoms with Gasteiger partial charge in [-0.15, -0.1) is 0 Å². The van der Waals surface area contributed by atoms with Crippen LogP contribution in [0.25, 0.3) is 11.0 Å². The molecule has 0 fully saturated rings. The third-order valence-corrected chi connectivity index (χ3v) is 3.40. The largest absolute Gasteiger partial charge is 0.497 e. The molecule has 0 spiro atoms. The first-order valence-corrected chi connectivity index (χ1v) is 6.63. The lowest BCUT2D eigenvalue weighted by molar-refractivity contribution is 0.414. The Hall–Kier alpha value is -2.43. The van der Waals surface area contributed by atoms with Crippen LogP contribution in [-0.2, 0) is 12.8 Å². The van der Waals surface area contributed by atoms with Crippen LogP contribution >= 0.6 is 0 Å². The second-order valence-corrected chi connectivity index (χ2v) is 4.79. The minimum Gasteiger partial charge on any atom is -0.497 e. The molecule has 0 unspecified atom stereocenters. The summed E-state index contributed by atoms with van der Waals surface area (Å²) in [5, 5.41) is 0. The number of benzene rings is 2. The number of rotatable bonds is 4. The number of hydrogen-bond donors (Lipinski definition) is 1. The van der Waals surface area contributed by atoms with Crippen LogP contribution in [-0.4, -0.2) is 17.1 Å². The van der Waals surface area contributed by atoms with Gasteiger partial charge in [0.25, 0.3) is 0 Å². The number of aromatic nitrogens is 2. The van der Waals surface area contributed by atoms with Crippen LogP contribution < -0.4 is 4.74 Å². The Kier molecular flexibility index (Phi) is 3.56. The molecular formula is C16H14F2N2O. The highest BCUT2D eigenvalue weighted by molar-refractivity contribution is 5.75. The molecule has 0 amide bonds. The maximum absolute atomic E-state index is 13.6. The Morgan fingerprint density at radius 1 is 1.05 bits per heavy atom. The molecule has 0 atom stereocenters. The molecule has 21 heavy (non-hydrogen) atoms. The second kappa shape index (κ2) is 5.52. The Morgan fingerprint density at radius 2 is 1.81 bits per heavy atom. The number of hydrogen-bond acceptors (Lipinski definition) is 2. The first-order chi connectivity index (χ1) is 10.2. The van der Waals surface area contributed by atoms with E-state index in [0.29, 0.717) is 17.8 Å². The van der Waals surface area contributed by atoms with Crippen molar-refractivity contribution in [2.45, 2.75) is 12.8 Å². The van der Waals surface area contributed by atoms with E-state index in [1.165, 1.54) is 6.07 Å². The highest BCUT2D eigenvalue weighted by Crippen LogP contribution is 2.19. The van der Waals surface area contributed by atoms with Crippen molar-refractivity contribution in [3.63, 3.8) is 0 Å². The van der Waals surface area contributed by atoms with E-state index in [4.69, 9.17) is 4.74 Å². The molecule has 3 aromatic rings. The summed E-state index contributed by atoms with van der Waals surface area (Å²) < 4.78 is 31.8. The van der Waals surface area contributed by atoms with Crippen molar-refractivity contribution in [1.29, 1.82) is 0 Å². The fraction of sp³-hybridized carbons (Fsp3) is 0.188. The number of nitrogens with zero attached hydrogens (tertiary/aromatic N) is 1. The molecule has 3 nitrogen and oxygen atoms in total. The Bertz CT molecular complexity index is 766. The SMILES string of the molecule is COc1ccc(CCc2nc3c(F)c(F)ccc3[nH]2)cc1. The number of nitrogens with one attached hydrogen (secondary N) is 1. The predicted octanol–water partition coefficient (Wildman–Crippen LogP) is 3.63. The Labute approximate surface area is 120 Å². The van der Waals surface area contributed by atoms with Crippen LogP contribution in [0.15, 0.2) is 36.4 Å². The van der Waals surface area contributed by atoms with Crippen LogP contribution in [0.5, 0.6) is 5.75 Å². The molecule has 0 bridgehead atoms. The van der Waals surface area contributed by atoms with Gasteiger partial charge in [0.15, 0.2) is 11.6 Å². The molecule has 3 rings (SSSR count). The molecular weight excluding hydrogens is 274 g/mol. The second-order valence-electron chi connectivity index (χ2n) is 4.79. The lowest BCUT2D eigenvalue weighted by Gasteiger charge is -2.02. The zero-order chi connectivity index (χ0) is 14.8. The topological polar surface area (TPSA) is 37.9 Å². The first-order valence-electron chi connectivity index (χ1n) is 6.63. The van der Waals surface area contributed by atoms with Gasteiger partial charge in [0.1, 0.15) is 17.1 Å². The molecule has 1 N–H and O–H groups in total. The van der Waals surface area contributed by atoms with Gasteiger partial charge in [0.05, 0.1) is 12.6 Å². The molecule has 0 radical (unpaired) electrons. The number of imidazole rings is 1. The molecule has 1 heterocycles. The molecule has 0 aliphatic rings.